The SMILES string of the molecule is CCCOc1cccc(CNOCC)c1. The van der Waals surface area contributed by atoms with Gasteiger partial charge in [0, 0.05) is 6.54 Å². The van der Waals surface area contributed by atoms with Crippen molar-refractivity contribution in [2.75, 3.05) is 13.2 Å². The Balaban J connectivity index is 2.42. The van der Waals surface area contributed by atoms with Gasteiger partial charge in [0.1, 0.15) is 5.75 Å². The van der Waals surface area contributed by atoms with Crippen molar-refractivity contribution in [2.24, 2.45) is 0 Å². The molecule has 1 rings (SSSR count). The molecule has 0 aliphatic carbocycles. The highest BCUT2D eigenvalue weighted by molar-refractivity contribution is 5.28. The lowest BCUT2D eigenvalue weighted by atomic mass is 10.2. The van der Waals surface area contributed by atoms with Gasteiger partial charge in [0.05, 0.1) is 13.2 Å². The molecule has 84 valence electrons. The molecule has 0 fully saturated rings. The minimum absolute atomic E-state index is 0.673. The lowest BCUT2D eigenvalue weighted by Crippen LogP contribution is -2.13. The van der Waals surface area contributed by atoms with Crippen LogP contribution < -0.4 is 10.2 Å². The van der Waals surface area contributed by atoms with Crippen molar-refractivity contribution < 1.29 is 9.57 Å². The maximum absolute atomic E-state index is 5.53. The van der Waals surface area contributed by atoms with Crippen LogP contribution in [0.25, 0.3) is 0 Å². The fraction of sp³-hybridized carbons (Fsp3) is 0.500. The molecule has 0 unspecified atom stereocenters. The van der Waals surface area contributed by atoms with E-state index in [1.807, 2.05) is 31.2 Å². The van der Waals surface area contributed by atoms with Crippen molar-refractivity contribution in [1.82, 2.24) is 5.48 Å². The van der Waals surface area contributed by atoms with E-state index < -0.39 is 0 Å². The number of ether oxygens (including phenoxy) is 1. The van der Waals surface area contributed by atoms with Gasteiger partial charge >= 0.3 is 0 Å². The summed E-state index contributed by atoms with van der Waals surface area (Å²) in [5, 5.41) is 0. The topological polar surface area (TPSA) is 30.5 Å². The van der Waals surface area contributed by atoms with Crippen molar-refractivity contribution in [3.63, 3.8) is 0 Å². The van der Waals surface area contributed by atoms with Crippen LogP contribution in [-0.4, -0.2) is 13.2 Å². The molecule has 0 heterocycles. The van der Waals surface area contributed by atoms with Crippen LogP contribution in [-0.2, 0) is 11.4 Å². The number of hydrogen-bond acceptors (Lipinski definition) is 3. The standard InChI is InChI=1S/C12H19NO2/c1-3-8-14-12-7-5-6-11(9-12)10-13-15-4-2/h5-7,9,13H,3-4,8,10H2,1-2H3. The minimum Gasteiger partial charge on any atom is -0.494 e. The number of hydroxylamine groups is 1. The summed E-state index contributed by atoms with van der Waals surface area (Å²) in [7, 11) is 0. The van der Waals surface area contributed by atoms with Crippen molar-refractivity contribution >= 4 is 0 Å². The quantitative estimate of drug-likeness (QED) is 0.553. The van der Waals surface area contributed by atoms with Gasteiger partial charge in [-0.3, -0.25) is 0 Å². The van der Waals surface area contributed by atoms with Crippen LogP contribution in [0, 0.1) is 0 Å². The maximum Gasteiger partial charge on any atom is 0.119 e. The van der Waals surface area contributed by atoms with Crippen molar-refractivity contribution in [3.8, 4) is 5.75 Å². The number of rotatable bonds is 7. The summed E-state index contributed by atoms with van der Waals surface area (Å²) in [6.45, 7) is 6.19. The van der Waals surface area contributed by atoms with E-state index >= 15 is 0 Å². The second-order valence-electron chi connectivity index (χ2n) is 3.25. The molecule has 0 radical (unpaired) electrons. The van der Waals surface area contributed by atoms with E-state index in [-0.39, 0.29) is 0 Å². The molecule has 3 nitrogen and oxygen atoms in total. The molecule has 0 saturated heterocycles. The Kier molecular flexibility index (Phi) is 5.81. The van der Waals surface area contributed by atoms with Crippen LogP contribution in [0.3, 0.4) is 0 Å². The van der Waals surface area contributed by atoms with Crippen molar-refractivity contribution in [2.45, 2.75) is 26.8 Å². The molecule has 0 atom stereocenters. The zero-order chi connectivity index (χ0) is 10.9. The van der Waals surface area contributed by atoms with Gasteiger partial charge in [-0.05, 0) is 31.0 Å². The summed E-state index contributed by atoms with van der Waals surface area (Å²) in [5.41, 5.74) is 4.04. The Bertz CT molecular complexity index is 276. The summed E-state index contributed by atoms with van der Waals surface area (Å²) in [6, 6.07) is 8.04. The van der Waals surface area contributed by atoms with Gasteiger partial charge in [0.25, 0.3) is 0 Å². The Morgan fingerprint density at radius 2 is 2.13 bits per heavy atom. The van der Waals surface area contributed by atoms with Crippen LogP contribution in [0.5, 0.6) is 5.75 Å². The van der Waals surface area contributed by atoms with Gasteiger partial charge in [-0.2, -0.15) is 5.48 Å². The van der Waals surface area contributed by atoms with Gasteiger partial charge in [0.15, 0.2) is 0 Å². The number of hydrogen-bond donors (Lipinski definition) is 1. The van der Waals surface area contributed by atoms with E-state index in [2.05, 4.69) is 12.4 Å². The number of nitrogens with one attached hydrogen (secondary N) is 1. The normalized spacial score (nSPS) is 10.3. The number of benzene rings is 1. The van der Waals surface area contributed by atoms with Crippen LogP contribution >= 0.6 is 0 Å². The average molecular weight is 209 g/mol. The third-order valence-electron chi connectivity index (χ3n) is 1.89. The summed E-state index contributed by atoms with van der Waals surface area (Å²) in [4.78, 5) is 5.07. The molecule has 0 aliphatic heterocycles. The second-order valence-corrected chi connectivity index (χ2v) is 3.25. The molecule has 15 heavy (non-hydrogen) atoms. The lowest BCUT2D eigenvalue weighted by Gasteiger charge is -2.07. The highest BCUT2D eigenvalue weighted by atomic mass is 16.6. The molecule has 1 N–H and O–H groups in total. The van der Waals surface area contributed by atoms with Gasteiger partial charge in [-0.1, -0.05) is 19.1 Å². The van der Waals surface area contributed by atoms with E-state index in [4.69, 9.17) is 9.57 Å². The van der Waals surface area contributed by atoms with E-state index in [1.54, 1.807) is 0 Å². The molecule has 0 bridgehead atoms. The predicted octanol–water partition coefficient (Wildman–Crippen LogP) is 2.52. The fourth-order valence-corrected chi connectivity index (χ4v) is 1.20. The molecule has 0 amide bonds. The zero-order valence-corrected chi connectivity index (χ0v) is 9.45. The van der Waals surface area contributed by atoms with Gasteiger partial charge < -0.3 is 9.57 Å². The smallest absolute Gasteiger partial charge is 0.119 e. The first-order valence-electron chi connectivity index (χ1n) is 5.43. The molecule has 0 spiro atoms. The average Bonchev–Trinajstić information content (AvgIpc) is 2.27. The first-order valence-corrected chi connectivity index (χ1v) is 5.43. The fourth-order valence-electron chi connectivity index (χ4n) is 1.20. The third kappa shape index (κ3) is 4.81. The predicted molar refractivity (Wildman–Crippen MR) is 60.7 cm³/mol. The van der Waals surface area contributed by atoms with Crippen LogP contribution in [0.1, 0.15) is 25.8 Å². The van der Waals surface area contributed by atoms with Crippen molar-refractivity contribution in [1.29, 1.82) is 0 Å². The Morgan fingerprint density at radius 1 is 1.27 bits per heavy atom. The summed E-state index contributed by atoms with van der Waals surface area (Å²) < 4.78 is 5.53. The third-order valence-corrected chi connectivity index (χ3v) is 1.89. The minimum atomic E-state index is 0.673. The van der Waals surface area contributed by atoms with E-state index in [1.165, 1.54) is 0 Å². The molecule has 3 heteroatoms. The Hall–Kier alpha value is -1.06. The summed E-state index contributed by atoms with van der Waals surface area (Å²) in [5.74, 6) is 0.924. The zero-order valence-electron chi connectivity index (χ0n) is 9.45. The van der Waals surface area contributed by atoms with Gasteiger partial charge in [0.2, 0.25) is 0 Å². The van der Waals surface area contributed by atoms with Crippen LogP contribution in [0.4, 0.5) is 0 Å². The van der Waals surface area contributed by atoms with E-state index in [9.17, 15) is 0 Å². The maximum atomic E-state index is 5.53. The molecule has 0 aliphatic rings. The van der Waals surface area contributed by atoms with Gasteiger partial charge in [-0.15, -0.1) is 0 Å². The van der Waals surface area contributed by atoms with Crippen LogP contribution in [0.15, 0.2) is 24.3 Å². The molecule has 0 saturated carbocycles. The lowest BCUT2D eigenvalue weighted by molar-refractivity contribution is 0.0463. The highest BCUT2D eigenvalue weighted by Crippen LogP contribution is 2.13. The van der Waals surface area contributed by atoms with E-state index in [0.29, 0.717) is 13.2 Å². The first-order chi connectivity index (χ1) is 7.36. The summed E-state index contributed by atoms with van der Waals surface area (Å²) in [6.07, 6.45) is 1.03. The molecule has 1 aromatic carbocycles. The van der Waals surface area contributed by atoms with Crippen LogP contribution in [0.2, 0.25) is 0 Å². The molecule has 1 aromatic rings. The molecular weight excluding hydrogens is 190 g/mol. The monoisotopic (exact) mass is 209 g/mol. The largest absolute Gasteiger partial charge is 0.494 e. The first kappa shape index (κ1) is 12.0. The second kappa shape index (κ2) is 7.26. The Morgan fingerprint density at radius 3 is 2.87 bits per heavy atom. The molecule has 0 aromatic heterocycles. The highest BCUT2D eigenvalue weighted by Gasteiger charge is 1.96. The Labute approximate surface area is 91.4 Å². The van der Waals surface area contributed by atoms with E-state index in [0.717, 1.165) is 24.3 Å². The molecular formula is C12H19NO2. The summed E-state index contributed by atoms with van der Waals surface area (Å²) >= 11 is 0. The van der Waals surface area contributed by atoms with Crippen molar-refractivity contribution in [3.05, 3.63) is 29.8 Å². The van der Waals surface area contributed by atoms with Gasteiger partial charge in [-0.25, -0.2) is 0 Å².